The maximum atomic E-state index is 12.2. The number of nitrogens with zero attached hydrogens (tertiary/aromatic N) is 2. The topological polar surface area (TPSA) is 59.0 Å². The Hall–Kier alpha value is -2.30. The summed E-state index contributed by atoms with van der Waals surface area (Å²) in [7, 11) is 1.84. The van der Waals surface area contributed by atoms with Crippen LogP contribution in [-0.4, -0.2) is 21.5 Å². The monoisotopic (exact) mass is 270 g/mol. The fourth-order valence-corrected chi connectivity index (χ4v) is 2.49. The number of hydrogen-bond acceptors (Lipinski definition) is 3. The van der Waals surface area contributed by atoms with Gasteiger partial charge in [-0.25, -0.2) is 4.98 Å². The second-order valence-electron chi connectivity index (χ2n) is 5.30. The summed E-state index contributed by atoms with van der Waals surface area (Å²) in [6.45, 7) is 2.15. The number of aryl methyl sites for hydroxylation is 2. The fourth-order valence-electron chi connectivity index (χ4n) is 2.49. The van der Waals surface area contributed by atoms with Crippen molar-refractivity contribution in [2.75, 3.05) is 10.6 Å². The standard InChI is InChI=1S/C15H18N4O/c1-10-6-7-11-4-3-5-12(14(11)17-10)18-15(20)13-8-19(2)9-16-13/h3-5,8-10,17H,6-7H2,1-2H3,(H,18,20). The van der Waals surface area contributed by atoms with Gasteiger partial charge in [0.1, 0.15) is 5.69 Å². The molecule has 0 spiro atoms. The first kappa shape index (κ1) is 12.7. The lowest BCUT2D eigenvalue weighted by Crippen LogP contribution is -2.24. The Bertz CT molecular complexity index is 647. The molecule has 0 radical (unpaired) electrons. The number of aromatic nitrogens is 2. The molecule has 0 fully saturated rings. The first-order valence-electron chi connectivity index (χ1n) is 6.81. The first-order chi connectivity index (χ1) is 9.63. The van der Waals surface area contributed by atoms with E-state index in [4.69, 9.17) is 0 Å². The molecule has 5 nitrogen and oxygen atoms in total. The highest BCUT2D eigenvalue weighted by Crippen LogP contribution is 2.32. The number of nitrogens with one attached hydrogen (secondary N) is 2. The van der Waals surface area contributed by atoms with E-state index in [0.29, 0.717) is 11.7 Å². The second-order valence-corrected chi connectivity index (χ2v) is 5.30. The SMILES string of the molecule is CC1CCc2cccc(NC(=O)c3cn(C)cn3)c2N1. The normalized spacial score (nSPS) is 17.2. The van der Waals surface area contributed by atoms with Crippen molar-refractivity contribution in [2.24, 2.45) is 7.05 Å². The minimum Gasteiger partial charge on any atom is -0.381 e. The van der Waals surface area contributed by atoms with Crippen molar-refractivity contribution in [1.29, 1.82) is 0 Å². The van der Waals surface area contributed by atoms with E-state index in [1.165, 1.54) is 5.56 Å². The lowest BCUT2D eigenvalue weighted by molar-refractivity contribution is 0.102. The molecule has 1 aliphatic rings. The zero-order chi connectivity index (χ0) is 14.1. The minimum absolute atomic E-state index is 0.181. The Morgan fingerprint density at radius 3 is 3.10 bits per heavy atom. The summed E-state index contributed by atoms with van der Waals surface area (Å²) in [5.74, 6) is -0.181. The molecule has 1 amide bonds. The Kier molecular flexibility index (Phi) is 3.18. The predicted molar refractivity (Wildman–Crippen MR) is 79.0 cm³/mol. The van der Waals surface area contributed by atoms with E-state index < -0.39 is 0 Å². The lowest BCUT2D eigenvalue weighted by atomic mass is 9.98. The molecule has 2 N–H and O–H groups in total. The Morgan fingerprint density at radius 2 is 2.35 bits per heavy atom. The lowest BCUT2D eigenvalue weighted by Gasteiger charge is -2.26. The van der Waals surface area contributed by atoms with E-state index in [2.05, 4.69) is 28.6 Å². The zero-order valence-electron chi connectivity index (χ0n) is 11.7. The Morgan fingerprint density at radius 1 is 1.50 bits per heavy atom. The third-order valence-electron chi connectivity index (χ3n) is 3.57. The van der Waals surface area contributed by atoms with Gasteiger partial charge in [-0.3, -0.25) is 4.79 Å². The highest BCUT2D eigenvalue weighted by Gasteiger charge is 2.18. The van der Waals surface area contributed by atoms with Crippen LogP contribution in [0.3, 0.4) is 0 Å². The summed E-state index contributed by atoms with van der Waals surface area (Å²) in [6, 6.07) is 6.43. The van der Waals surface area contributed by atoms with Crippen LogP contribution in [0, 0.1) is 0 Å². The first-order valence-corrected chi connectivity index (χ1v) is 6.81. The van der Waals surface area contributed by atoms with Gasteiger partial charge in [0.15, 0.2) is 0 Å². The molecular formula is C15H18N4O. The van der Waals surface area contributed by atoms with Crippen molar-refractivity contribution >= 4 is 17.3 Å². The Balaban J connectivity index is 1.86. The molecule has 2 aromatic rings. The maximum absolute atomic E-state index is 12.2. The molecule has 104 valence electrons. The number of imidazole rings is 1. The van der Waals surface area contributed by atoms with Crippen LogP contribution in [0.4, 0.5) is 11.4 Å². The molecule has 1 aliphatic heterocycles. The number of hydrogen-bond donors (Lipinski definition) is 2. The van der Waals surface area contributed by atoms with Gasteiger partial charge in [-0.2, -0.15) is 0 Å². The maximum Gasteiger partial charge on any atom is 0.275 e. The van der Waals surface area contributed by atoms with Gasteiger partial charge in [0.25, 0.3) is 5.91 Å². The highest BCUT2D eigenvalue weighted by atomic mass is 16.1. The van der Waals surface area contributed by atoms with Crippen molar-refractivity contribution in [3.63, 3.8) is 0 Å². The quantitative estimate of drug-likeness (QED) is 0.881. The number of amides is 1. The van der Waals surface area contributed by atoms with Crippen molar-refractivity contribution in [2.45, 2.75) is 25.8 Å². The molecule has 2 heterocycles. The van der Waals surface area contributed by atoms with Gasteiger partial charge in [0, 0.05) is 19.3 Å². The van der Waals surface area contributed by atoms with Crippen molar-refractivity contribution in [3.8, 4) is 0 Å². The minimum atomic E-state index is -0.181. The van der Waals surface area contributed by atoms with Crippen LogP contribution in [0.2, 0.25) is 0 Å². The molecule has 3 rings (SSSR count). The van der Waals surface area contributed by atoms with Crippen LogP contribution >= 0.6 is 0 Å². The van der Waals surface area contributed by atoms with Crippen molar-refractivity contribution < 1.29 is 4.79 Å². The van der Waals surface area contributed by atoms with E-state index in [1.807, 2.05) is 19.2 Å². The van der Waals surface area contributed by atoms with Crippen molar-refractivity contribution in [3.05, 3.63) is 42.0 Å². The average molecular weight is 270 g/mol. The summed E-state index contributed by atoms with van der Waals surface area (Å²) >= 11 is 0. The fraction of sp³-hybridized carbons (Fsp3) is 0.333. The molecule has 5 heteroatoms. The van der Waals surface area contributed by atoms with E-state index in [-0.39, 0.29) is 5.91 Å². The van der Waals surface area contributed by atoms with E-state index in [1.54, 1.807) is 17.1 Å². The van der Waals surface area contributed by atoms with Crippen molar-refractivity contribution in [1.82, 2.24) is 9.55 Å². The van der Waals surface area contributed by atoms with Crippen LogP contribution in [-0.2, 0) is 13.5 Å². The molecule has 1 unspecified atom stereocenters. The summed E-state index contributed by atoms with van der Waals surface area (Å²) < 4.78 is 1.76. The summed E-state index contributed by atoms with van der Waals surface area (Å²) in [4.78, 5) is 16.2. The van der Waals surface area contributed by atoms with Crippen LogP contribution in [0.25, 0.3) is 0 Å². The molecule has 20 heavy (non-hydrogen) atoms. The third kappa shape index (κ3) is 2.39. The summed E-state index contributed by atoms with van der Waals surface area (Å²) in [5, 5.41) is 6.39. The largest absolute Gasteiger partial charge is 0.381 e. The van der Waals surface area contributed by atoms with E-state index in [0.717, 1.165) is 24.2 Å². The van der Waals surface area contributed by atoms with Gasteiger partial charge in [-0.1, -0.05) is 12.1 Å². The molecule has 0 aliphatic carbocycles. The number of benzene rings is 1. The molecule has 0 bridgehead atoms. The van der Waals surface area contributed by atoms with Gasteiger partial charge >= 0.3 is 0 Å². The van der Waals surface area contributed by atoms with Crippen LogP contribution in [0.15, 0.2) is 30.7 Å². The number of carbonyl (C=O) groups excluding carboxylic acids is 1. The van der Waals surface area contributed by atoms with E-state index in [9.17, 15) is 4.79 Å². The zero-order valence-corrected chi connectivity index (χ0v) is 11.7. The number of rotatable bonds is 2. The summed E-state index contributed by atoms with van der Waals surface area (Å²) in [6.07, 6.45) is 5.48. The van der Waals surface area contributed by atoms with Crippen LogP contribution < -0.4 is 10.6 Å². The number of para-hydroxylation sites is 1. The Labute approximate surface area is 118 Å². The predicted octanol–water partition coefficient (Wildman–Crippen LogP) is 2.42. The molecule has 1 atom stereocenters. The summed E-state index contributed by atoms with van der Waals surface area (Å²) in [5.41, 5.74) is 3.54. The molecule has 0 saturated heterocycles. The second kappa shape index (κ2) is 5.00. The number of anilines is 2. The third-order valence-corrected chi connectivity index (χ3v) is 3.57. The van der Waals surface area contributed by atoms with Gasteiger partial charge in [-0.05, 0) is 31.4 Å². The molecular weight excluding hydrogens is 252 g/mol. The van der Waals surface area contributed by atoms with Crippen LogP contribution in [0.5, 0.6) is 0 Å². The van der Waals surface area contributed by atoms with E-state index >= 15 is 0 Å². The smallest absolute Gasteiger partial charge is 0.275 e. The number of fused-ring (bicyclic) bond motifs is 1. The molecule has 0 saturated carbocycles. The van der Waals surface area contributed by atoms with Gasteiger partial charge in [0.05, 0.1) is 17.7 Å². The number of carbonyl (C=O) groups is 1. The highest BCUT2D eigenvalue weighted by molar-refractivity contribution is 6.04. The average Bonchev–Trinajstić information content (AvgIpc) is 2.86. The van der Waals surface area contributed by atoms with Gasteiger partial charge < -0.3 is 15.2 Å². The van der Waals surface area contributed by atoms with Gasteiger partial charge in [0.2, 0.25) is 0 Å². The molecule has 1 aromatic heterocycles. The van der Waals surface area contributed by atoms with Gasteiger partial charge in [-0.15, -0.1) is 0 Å². The van der Waals surface area contributed by atoms with Crippen LogP contribution in [0.1, 0.15) is 29.4 Å². The molecule has 1 aromatic carbocycles.